The molecule has 2 rings (SSSR count). The highest BCUT2D eigenvalue weighted by Crippen LogP contribution is 2.34. The van der Waals surface area contributed by atoms with Gasteiger partial charge in [0.1, 0.15) is 0 Å². The van der Waals surface area contributed by atoms with E-state index in [0.29, 0.717) is 5.95 Å². The Morgan fingerprint density at radius 1 is 1.00 bits per heavy atom. The van der Waals surface area contributed by atoms with E-state index in [4.69, 9.17) is 9.47 Å². The molecule has 1 aliphatic rings. The van der Waals surface area contributed by atoms with E-state index in [-0.39, 0.29) is 0 Å². The Morgan fingerprint density at radius 3 is 1.83 bits per heavy atom. The second kappa shape index (κ2) is 3.81. The van der Waals surface area contributed by atoms with Gasteiger partial charge in [-0.15, -0.1) is 0 Å². The van der Waals surface area contributed by atoms with Crippen LogP contribution in [0.15, 0.2) is 36.8 Å². The summed E-state index contributed by atoms with van der Waals surface area (Å²) < 4.78 is 10.2. The first kappa shape index (κ1) is 8.65. The second-order valence-electron chi connectivity index (χ2n) is 2.02. The third-order valence-electron chi connectivity index (χ3n) is 1.30. The normalized spacial score (nSPS) is 12.0. The van der Waals surface area contributed by atoms with Crippen molar-refractivity contribution >= 4 is 0 Å². The largest absolute Gasteiger partial charge is 0.422 e. The molecule has 0 fully saturated rings. The number of hydrogen-bond acceptors (Lipinski definition) is 2. The minimum Gasteiger partial charge on any atom is -0.422 e. The number of ether oxygens (including phenoxy) is 2. The van der Waals surface area contributed by atoms with E-state index in [1.165, 1.54) is 0 Å². The van der Waals surface area contributed by atoms with Crippen molar-refractivity contribution in [2.24, 2.45) is 0 Å². The molecule has 0 unspecified atom stereocenters. The standard InChI is InChI=1S/C8H6O2.C2H6/c1-6-9-7-4-2-3-5-8(7)10-6;1-2/h2-5H,1H2;1-2H3. The summed E-state index contributed by atoms with van der Waals surface area (Å²) in [5.41, 5.74) is 0. The van der Waals surface area contributed by atoms with E-state index < -0.39 is 0 Å². The lowest BCUT2D eigenvalue weighted by atomic mass is 10.3. The van der Waals surface area contributed by atoms with Crippen LogP contribution in [-0.4, -0.2) is 0 Å². The summed E-state index contributed by atoms with van der Waals surface area (Å²) >= 11 is 0. The van der Waals surface area contributed by atoms with Crippen LogP contribution in [0.4, 0.5) is 0 Å². The molecule has 2 heteroatoms. The molecule has 0 N–H and O–H groups in total. The minimum absolute atomic E-state index is 0.348. The summed E-state index contributed by atoms with van der Waals surface area (Å²) in [6.07, 6.45) is 0. The SMILES string of the molecule is C=C1Oc2ccccc2O1.CC. The van der Waals surface area contributed by atoms with Gasteiger partial charge in [-0.05, 0) is 18.7 Å². The molecule has 1 aromatic rings. The summed E-state index contributed by atoms with van der Waals surface area (Å²) in [6, 6.07) is 7.46. The van der Waals surface area contributed by atoms with Crippen molar-refractivity contribution in [1.29, 1.82) is 0 Å². The molecule has 0 aromatic heterocycles. The highest BCUT2D eigenvalue weighted by atomic mass is 16.7. The predicted octanol–water partition coefficient (Wildman–Crippen LogP) is 2.96. The van der Waals surface area contributed by atoms with Crippen LogP contribution in [0.5, 0.6) is 11.5 Å². The zero-order chi connectivity index (χ0) is 8.97. The van der Waals surface area contributed by atoms with Crippen LogP contribution in [0, 0.1) is 0 Å². The zero-order valence-corrected chi connectivity index (χ0v) is 7.33. The van der Waals surface area contributed by atoms with Crippen LogP contribution >= 0.6 is 0 Å². The highest BCUT2D eigenvalue weighted by Gasteiger charge is 2.14. The number of rotatable bonds is 0. The van der Waals surface area contributed by atoms with E-state index in [9.17, 15) is 0 Å². The number of para-hydroxylation sites is 2. The van der Waals surface area contributed by atoms with E-state index in [0.717, 1.165) is 11.5 Å². The van der Waals surface area contributed by atoms with Crippen molar-refractivity contribution in [3.05, 3.63) is 36.8 Å². The average Bonchev–Trinajstić information content (AvgIpc) is 2.48. The van der Waals surface area contributed by atoms with Gasteiger partial charge in [0, 0.05) is 0 Å². The summed E-state index contributed by atoms with van der Waals surface area (Å²) in [5.74, 6) is 1.83. The van der Waals surface area contributed by atoms with E-state index >= 15 is 0 Å². The van der Waals surface area contributed by atoms with Crippen molar-refractivity contribution in [3.8, 4) is 11.5 Å². The number of fused-ring (bicyclic) bond motifs is 1. The fraction of sp³-hybridized carbons (Fsp3) is 0.200. The minimum atomic E-state index is 0.348. The first-order valence-corrected chi connectivity index (χ1v) is 4.00. The van der Waals surface area contributed by atoms with Gasteiger partial charge in [0.15, 0.2) is 11.5 Å². The molecular weight excluding hydrogens is 152 g/mol. The molecule has 12 heavy (non-hydrogen) atoms. The molecule has 0 bridgehead atoms. The Balaban J connectivity index is 0.000000336. The molecule has 0 radical (unpaired) electrons. The molecule has 0 atom stereocenters. The molecule has 0 spiro atoms. The fourth-order valence-electron chi connectivity index (χ4n) is 0.885. The van der Waals surface area contributed by atoms with Crippen LogP contribution in [-0.2, 0) is 0 Å². The molecule has 0 amide bonds. The Morgan fingerprint density at radius 2 is 1.42 bits per heavy atom. The number of benzene rings is 1. The summed E-state index contributed by atoms with van der Waals surface area (Å²) in [6.45, 7) is 7.52. The van der Waals surface area contributed by atoms with Gasteiger partial charge in [0.25, 0.3) is 5.95 Å². The first-order chi connectivity index (χ1) is 5.86. The number of hydrogen-bond donors (Lipinski definition) is 0. The van der Waals surface area contributed by atoms with Gasteiger partial charge in [-0.3, -0.25) is 0 Å². The van der Waals surface area contributed by atoms with E-state index in [2.05, 4.69) is 6.58 Å². The molecule has 1 aliphatic heterocycles. The molecule has 2 nitrogen and oxygen atoms in total. The van der Waals surface area contributed by atoms with Crippen LogP contribution in [0.3, 0.4) is 0 Å². The molecular formula is C10H12O2. The fourth-order valence-corrected chi connectivity index (χ4v) is 0.885. The molecule has 0 saturated carbocycles. The second-order valence-corrected chi connectivity index (χ2v) is 2.02. The van der Waals surface area contributed by atoms with E-state index in [1.807, 2.05) is 38.1 Å². The van der Waals surface area contributed by atoms with Crippen LogP contribution in [0.25, 0.3) is 0 Å². The van der Waals surface area contributed by atoms with Gasteiger partial charge < -0.3 is 9.47 Å². The maximum atomic E-state index is 5.09. The smallest absolute Gasteiger partial charge is 0.282 e. The van der Waals surface area contributed by atoms with Gasteiger partial charge >= 0.3 is 0 Å². The molecule has 0 saturated heterocycles. The quantitative estimate of drug-likeness (QED) is 0.587. The zero-order valence-electron chi connectivity index (χ0n) is 7.33. The van der Waals surface area contributed by atoms with E-state index in [1.54, 1.807) is 0 Å². The lowest BCUT2D eigenvalue weighted by Crippen LogP contribution is -1.88. The van der Waals surface area contributed by atoms with Gasteiger partial charge in [-0.25, -0.2) is 0 Å². The van der Waals surface area contributed by atoms with Gasteiger partial charge in [0.2, 0.25) is 0 Å². The van der Waals surface area contributed by atoms with Crippen molar-refractivity contribution < 1.29 is 9.47 Å². The van der Waals surface area contributed by atoms with Crippen molar-refractivity contribution in [2.75, 3.05) is 0 Å². The van der Waals surface area contributed by atoms with Crippen molar-refractivity contribution in [3.63, 3.8) is 0 Å². The third-order valence-corrected chi connectivity index (χ3v) is 1.30. The highest BCUT2D eigenvalue weighted by molar-refractivity contribution is 5.43. The predicted molar refractivity (Wildman–Crippen MR) is 48.2 cm³/mol. The third kappa shape index (κ3) is 1.59. The van der Waals surface area contributed by atoms with Crippen molar-refractivity contribution in [1.82, 2.24) is 0 Å². The molecule has 1 heterocycles. The van der Waals surface area contributed by atoms with Crippen molar-refractivity contribution in [2.45, 2.75) is 13.8 Å². The molecule has 64 valence electrons. The summed E-state index contributed by atoms with van der Waals surface area (Å²) in [5, 5.41) is 0. The Hall–Kier alpha value is -1.44. The Bertz CT molecular complexity index is 252. The summed E-state index contributed by atoms with van der Waals surface area (Å²) in [4.78, 5) is 0. The van der Waals surface area contributed by atoms with Crippen LogP contribution in [0.1, 0.15) is 13.8 Å². The van der Waals surface area contributed by atoms with Crippen LogP contribution in [0.2, 0.25) is 0 Å². The average molecular weight is 164 g/mol. The first-order valence-electron chi connectivity index (χ1n) is 4.00. The van der Waals surface area contributed by atoms with Crippen LogP contribution < -0.4 is 9.47 Å². The summed E-state index contributed by atoms with van der Waals surface area (Å²) in [7, 11) is 0. The molecule has 0 aliphatic carbocycles. The maximum Gasteiger partial charge on any atom is 0.282 e. The topological polar surface area (TPSA) is 18.5 Å². The lowest BCUT2D eigenvalue weighted by molar-refractivity contribution is 0.290. The maximum absolute atomic E-state index is 5.09. The molecule has 1 aromatic carbocycles. The Labute approximate surface area is 72.4 Å². The Kier molecular flexibility index (Phi) is 2.75. The lowest BCUT2D eigenvalue weighted by Gasteiger charge is -1.88. The van der Waals surface area contributed by atoms with Gasteiger partial charge in [0.05, 0.1) is 0 Å². The van der Waals surface area contributed by atoms with Gasteiger partial charge in [-0.1, -0.05) is 26.0 Å². The van der Waals surface area contributed by atoms with Gasteiger partial charge in [-0.2, -0.15) is 0 Å². The monoisotopic (exact) mass is 164 g/mol.